The van der Waals surface area contributed by atoms with Gasteiger partial charge in [0.25, 0.3) is 0 Å². The lowest BCUT2D eigenvalue weighted by atomic mass is 9.58. The van der Waals surface area contributed by atoms with Gasteiger partial charge in [0.1, 0.15) is 0 Å². The van der Waals surface area contributed by atoms with E-state index in [4.69, 9.17) is 16.3 Å². The van der Waals surface area contributed by atoms with Crippen LogP contribution in [0.2, 0.25) is 5.02 Å². The van der Waals surface area contributed by atoms with E-state index in [-0.39, 0.29) is 0 Å². The van der Waals surface area contributed by atoms with Gasteiger partial charge in [0.2, 0.25) is 0 Å². The summed E-state index contributed by atoms with van der Waals surface area (Å²) in [6, 6.07) is 8.39. The molecular weight excluding hydrogens is 258 g/mol. The Morgan fingerprint density at radius 1 is 1.32 bits per heavy atom. The molecule has 1 aromatic carbocycles. The highest BCUT2D eigenvalue weighted by Crippen LogP contribution is 2.48. The third kappa shape index (κ3) is 3.50. The molecule has 0 bridgehead atoms. The number of benzene rings is 1. The Kier molecular flexibility index (Phi) is 5.26. The molecule has 0 heterocycles. The first kappa shape index (κ1) is 14.8. The van der Waals surface area contributed by atoms with E-state index in [1.807, 2.05) is 12.1 Å². The van der Waals surface area contributed by atoms with Crippen molar-refractivity contribution in [1.29, 1.82) is 0 Å². The molecule has 0 aromatic heterocycles. The van der Waals surface area contributed by atoms with E-state index in [0.29, 0.717) is 5.41 Å². The molecule has 1 aliphatic rings. The molecule has 0 unspecified atom stereocenters. The van der Waals surface area contributed by atoms with Crippen molar-refractivity contribution in [3.63, 3.8) is 0 Å². The second kappa shape index (κ2) is 6.74. The fraction of sp³-hybridized carbons (Fsp3) is 0.625. The molecule has 106 valence electrons. The lowest BCUT2D eigenvalue weighted by Crippen LogP contribution is -2.49. The summed E-state index contributed by atoms with van der Waals surface area (Å²) in [5.41, 5.74) is 1.73. The highest BCUT2D eigenvalue weighted by molar-refractivity contribution is 6.30. The largest absolute Gasteiger partial charge is 0.383 e. The maximum atomic E-state index is 5.99. The summed E-state index contributed by atoms with van der Waals surface area (Å²) in [5, 5.41) is 4.35. The van der Waals surface area contributed by atoms with Gasteiger partial charge in [-0.05, 0) is 36.5 Å². The van der Waals surface area contributed by atoms with E-state index in [0.717, 1.165) is 30.6 Å². The lowest BCUT2D eigenvalue weighted by molar-refractivity contribution is 0.128. The van der Waals surface area contributed by atoms with Crippen LogP contribution in [0.25, 0.3) is 0 Å². The monoisotopic (exact) mass is 281 g/mol. The maximum absolute atomic E-state index is 5.99. The fourth-order valence-corrected chi connectivity index (χ4v) is 3.25. The predicted molar refractivity (Wildman–Crippen MR) is 80.9 cm³/mol. The van der Waals surface area contributed by atoms with Gasteiger partial charge in [0.15, 0.2) is 0 Å². The van der Waals surface area contributed by atoms with Crippen molar-refractivity contribution in [2.75, 3.05) is 26.8 Å². The Bertz CT molecular complexity index is 384. The molecule has 1 fully saturated rings. The maximum Gasteiger partial charge on any atom is 0.0587 e. The van der Waals surface area contributed by atoms with Gasteiger partial charge in [-0.1, -0.05) is 37.1 Å². The SMILES string of the molecule is CCC1CC(CNCCOC)(c2ccc(Cl)cc2)C1. The van der Waals surface area contributed by atoms with E-state index >= 15 is 0 Å². The molecule has 0 atom stereocenters. The normalized spacial score (nSPS) is 26.2. The molecule has 0 radical (unpaired) electrons. The Morgan fingerprint density at radius 3 is 2.58 bits per heavy atom. The summed E-state index contributed by atoms with van der Waals surface area (Å²) in [6.07, 6.45) is 3.85. The number of methoxy groups -OCH3 is 1. The van der Waals surface area contributed by atoms with Crippen LogP contribution in [0, 0.1) is 5.92 Å². The van der Waals surface area contributed by atoms with Crippen LogP contribution in [-0.2, 0) is 10.2 Å². The van der Waals surface area contributed by atoms with Gasteiger partial charge in [-0.3, -0.25) is 0 Å². The van der Waals surface area contributed by atoms with Gasteiger partial charge >= 0.3 is 0 Å². The van der Waals surface area contributed by atoms with Crippen molar-refractivity contribution >= 4 is 11.6 Å². The molecule has 2 nitrogen and oxygen atoms in total. The Labute approximate surface area is 121 Å². The topological polar surface area (TPSA) is 21.3 Å². The molecule has 1 saturated carbocycles. The summed E-state index contributed by atoms with van der Waals surface area (Å²) in [7, 11) is 1.74. The molecule has 2 rings (SSSR count). The van der Waals surface area contributed by atoms with Gasteiger partial charge in [0.05, 0.1) is 6.61 Å². The minimum atomic E-state index is 0.305. The van der Waals surface area contributed by atoms with Gasteiger partial charge in [-0.25, -0.2) is 0 Å². The Hall–Kier alpha value is -0.570. The zero-order valence-corrected chi connectivity index (χ0v) is 12.7. The first-order chi connectivity index (χ1) is 9.20. The van der Waals surface area contributed by atoms with E-state index < -0.39 is 0 Å². The number of nitrogens with one attached hydrogen (secondary N) is 1. The minimum absolute atomic E-state index is 0.305. The average molecular weight is 282 g/mol. The third-order valence-electron chi connectivity index (χ3n) is 4.34. The molecule has 19 heavy (non-hydrogen) atoms. The van der Waals surface area contributed by atoms with Crippen molar-refractivity contribution < 1.29 is 4.74 Å². The van der Waals surface area contributed by atoms with Crippen LogP contribution in [0.5, 0.6) is 0 Å². The highest BCUT2D eigenvalue weighted by atomic mass is 35.5. The zero-order valence-electron chi connectivity index (χ0n) is 11.9. The number of rotatable bonds is 7. The van der Waals surface area contributed by atoms with E-state index in [1.54, 1.807) is 7.11 Å². The summed E-state index contributed by atoms with van der Waals surface area (Å²) in [5.74, 6) is 0.875. The van der Waals surface area contributed by atoms with Crippen molar-refractivity contribution in [2.45, 2.75) is 31.6 Å². The zero-order chi connectivity index (χ0) is 13.7. The molecule has 0 spiro atoms. The van der Waals surface area contributed by atoms with Crippen molar-refractivity contribution in [3.05, 3.63) is 34.9 Å². The third-order valence-corrected chi connectivity index (χ3v) is 4.59. The molecular formula is C16H24ClNO. The van der Waals surface area contributed by atoms with Gasteiger partial charge in [-0.15, -0.1) is 0 Å². The molecule has 3 heteroatoms. The molecule has 1 aliphatic carbocycles. The molecule has 0 saturated heterocycles. The quantitative estimate of drug-likeness (QED) is 0.771. The summed E-state index contributed by atoms with van der Waals surface area (Å²) in [6.45, 7) is 5.01. The van der Waals surface area contributed by atoms with Gasteiger partial charge in [-0.2, -0.15) is 0 Å². The van der Waals surface area contributed by atoms with Crippen LogP contribution in [-0.4, -0.2) is 26.8 Å². The number of hydrogen-bond acceptors (Lipinski definition) is 2. The highest BCUT2D eigenvalue weighted by Gasteiger charge is 2.43. The number of hydrogen-bond donors (Lipinski definition) is 1. The second-order valence-corrected chi connectivity index (χ2v) is 6.08. The van der Waals surface area contributed by atoms with Crippen LogP contribution in [0.1, 0.15) is 31.7 Å². The average Bonchev–Trinajstić information content (AvgIpc) is 2.38. The van der Waals surface area contributed by atoms with E-state index in [2.05, 4.69) is 24.4 Å². The molecule has 1 aromatic rings. The molecule has 1 N–H and O–H groups in total. The summed E-state index contributed by atoms with van der Waals surface area (Å²) >= 11 is 5.99. The molecule has 0 amide bonds. The predicted octanol–water partition coefficient (Wildman–Crippen LogP) is 3.63. The lowest BCUT2D eigenvalue weighted by Gasteiger charge is -2.48. The van der Waals surface area contributed by atoms with Crippen LogP contribution < -0.4 is 5.32 Å². The first-order valence-electron chi connectivity index (χ1n) is 7.16. The van der Waals surface area contributed by atoms with Crippen LogP contribution in [0.15, 0.2) is 24.3 Å². The van der Waals surface area contributed by atoms with Crippen LogP contribution >= 0.6 is 11.6 Å². The van der Waals surface area contributed by atoms with Crippen LogP contribution in [0.3, 0.4) is 0 Å². The van der Waals surface area contributed by atoms with Gasteiger partial charge < -0.3 is 10.1 Å². The fourth-order valence-electron chi connectivity index (χ4n) is 3.12. The summed E-state index contributed by atoms with van der Waals surface area (Å²) < 4.78 is 5.09. The van der Waals surface area contributed by atoms with Crippen LogP contribution in [0.4, 0.5) is 0 Å². The first-order valence-corrected chi connectivity index (χ1v) is 7.53. The minimum Gasteiger partial charge on any atom is -0.383 e. The Balaban J connectivity index is 2.01. The smallest absolute Gasteiger partial charge is 0.0587 e. The second-order valence-electron chi connectivity index (χ2n) is 5.64. The van der Waals surface area contributed by atoms with Crippen molar-refractivity contribution in [3.8, 4) is 0 Å². The number of halogens is 1. The van der Waals surface area contributed by atoms with Gasteiger partial charge in [0, 0.05) is 30.6 Å². The molecule has 0 aliphatic heterocycles. The van der Waals surface area contributed by atoms with E-state index in [1.165, 1.54) is 24.8 Å². The standard InChI is InChI=1S/C16H24ClNO/c1-3-13-10-16(11-13,12-18-8-9-19-2)14-4-6-15(17)7-5-14/h4-7,13,18H,3,8-12H2,1-2H3. The van der Waals surface area contributed by atoms with Crippen molar-refractivity contribution in [1.82, 2.24) is 5.32 Å². The summed E-state index contributed by atoms with van der Waals surface area (Å²) in [4.78, 5) is 0. The Morgan fingerprint density at radius 2 is 2.00 bits per heavy atom. The van der Waals surface area contributed by atoms with Crippen molar-refractivity contribution in [2.24, 2.45) is 5.92 Å². The van der Waals surface area contributed by atoms with E-state index in [9.17, 15) is 0 Å². The number of ether oxygens (including phenoxy) is 1.